The van der Waals surface area contributed by atoms with Crippen molar-refractivity contribution in [1.82, 2.24) is 0 Å². The van der Waals surface area contributed by atoms with E-state index in [0.29, 0.717) is 0 Å². The third-order valence-electron chi connectivity index (χ3n) is 1.64. The van der Waals surface area contributed by atoms with Crippen LogP contribution >= 0.6 is 0 Å². The van der Waals surface area contributed by atoms with Gasteiger partial charge < -0.3 is 5.11 Å². The second-order valence-corrected chi connectivity index (χ2v) is 3.61. The number of hydrogen-bond acceptors (Lipinski definition) is 4. The lowest BCUT2D eigenvalue weighted by atomic mass is 10.5. The van der Waals surface area contributed by atoms with Crippen molar-refractivity contribution in [3.63, 3.8) is 0 Å². The molecule has 0 aliphatic carbocycles. The summed E-state index contributed by atoms with van der Waals surface area (Å²) in [5, 5.41) is 7.81. The summed E-state index contributed by atoms with van der Waals surface area (Å²) in [4.78, 5) is 0. The van der Waals surface area contributed by atoms with E-state index in [0.717, 1.165) is 0 Å². The van der Waals surface area contributed by atoms with E-state index in [1.54, 1.807) is 4.74 Å². The highest BCUT2D eigenvalue weighted by molar-refractivity contribution is 4.76. The minimum atomic E-state index is -7.08. The van der Waals surface area contributed by atoms with Crippen LogP contribution in [0.4, 0.5) is 57.1 Å². The minimum absolute atomic E-state index is 1.46. The van der Waals surface area contributed by atoms with E-state index in [1.807, 2.05) is 4.74 Å². The Kier molecular flexibility index (Phi) is 6.06. The molecule has 0 spiro atoms. The molecule has 146 valence electrons. The zero-order valence-electron chi connectivity index (χ0n) is 10.3. The van der Waals surface area contributed by atoms with Crippen molar-refractivity contribution in [2.75, 3.05) is 6.61 Å². The van der Waals surface area contributed by atoms with Gasteiger partial charge in [0.05, 0.1) is 0 Å². The van der Waals surface area contributed by atoms with Gasteiger partial charge in [-0.3, -0.25) is 0 Å². The molecule has 0 atom stereocenters. The molecule has 0 heterocycles. The van der Waals surface area contributed by atoms with Crippen LogP contribution < -0.4 is 0 Å². The number of halogens is 13. The predicted molar refractivity (Wildman–Crippen MR) is 41.1 cm³/mol. The summed E-state index contributed by atoms with van der Waals surface area (Å²) in [6.07, 6.45) is -39.8. The molecule has 0 rings (SSSR count). The van der Waals surface area contributed by atoms with E-state index in [4.69, 9.17) is 5.11 Å². The molecule has 0 aliphatic rings. The van der Waals surface area contributed by atoms with E-state index in [2.05, 4.69) is 0 Å². The molecule has 0 unspecified atom stereocenters. The van der Waals surface area contributed by atoms with Crippen molar-refractivity contribution in [2.24, 2.45) is 0 Å². The molecule has 0 aromatic rings. The highest BCUT2D eigenvalue weighted by Crippen LogP contribution is 2.48. The molecule has 0 amide bonds. The van der Waals surface area contributed by atoms with Gasteiger partial charge in [0, 0.05) is 0 Å². The average molecular weight is 398 g/mol. The summed E-state index contributed by atoms with van der Waals surface area (Å²) in [7, 11) is 0. The average Bonchev–Trinajstić information content (AvgIpc) is 2.22. The Labute approximate surface area is 121 Å². The number of rotatable bonds is 8. The van der Waals surface area contributed by atoms with Crippen molar-refractivity contribution in [3.8, 4) is 0 Å². The fourth-order valence-electron chi connectivity index (χ4n) is 0.764. The van der Waals surface area contributed by atoms with Crippen molar-refractivity contribution < 1.29 is 76.4 Å². The number of aliphatic hydroxyl groups excluding tert-OH is 1. The number of aliphatic hydroxyl groups is 1. The molecule has 24 heavy (non-hydrogen) atoms. The minimum Gasteiger partial charge on any atom is -0.387 e. The quantitative estimate of drug-likeness (QED) is 0.636. The first-order chi connectivity index (χ1) is 10.2. The molecule has 0 aliphatic heterocycles. The molecular formula is C7H3F13O4. The Hall–Kier alpha value is -1.07. The summed E-state index contributed by atoms with van der Waals surface area (Å²) < 4.78 is 164. The highest BCUT2D eigenvalue weighted by atomic mass is 19.4. The summed E-state index contributed by atoms with van der Waals surface area (Å²) in [6, 6.07) is 0. The largest absolute Gasteiger partial charge is 0.527 e. The summed E-state index contributed by atoms with van der Waals surface area (Å²) >= 11 is 0. The smallest absolute Gasteiger partial charge is 0.387 e. The zero-order chi connectivity index (χ0) is 19.8. The standard InChI is InChI=1S/C7H3F13O4/c8-2(9,1-21)22-3(10,11)4(12,13)23-5(14,15)6(16,17)24-7(18,19)20/h21H,1H2. The van der Waals surface area contributed by atoms with Crippen molar-refractivity contribution in [3.05, 3.63) is 0 Å². The van der Waals surface area contributed by atoms with E-state index in [-0.39, 0.29) is 0 Å². The van der Waals surface area contributed by atoms with Gasteiger partial charge in [-0.25, -0.2) is 14.2 Å². The first-order valence-corrected chi connectivity index (χ1v) is 4.85. The van der Waals surface area contributed by atoms with Crippen LogP contribution in [0.25, 0.3) is 0 Å². The SMILES string of the molecule is OCC(F)(F)OC(F)(F)C(F)(F)OC(F)(F)C(F)(F)OC(F)(F)F. The van der Waals surface area contributed by atoms with Gasteiger partial charge in [-0.05, 0) is 0 Å². The van der Waals surface area contributed by atoms with Gasteiger partial charge in [0.2, 0.25) is 0 Å². The van der Waals surface area contributed by atoms with Crippen LogP contribution in [0.2, 0.25) is 0 Å². The normalized spacial score (nSPS) is 15.8. The Morgan fingerprint density at radius 3 is 1.08 bits per heavy atom. The first kappa shape index (κ1) is 22.9. The van der Waals surface area contributed by atoms with Gasteiger partial charge >= 0.3 is 36.9 Å². The fourth-order valence-corrected chi connectivity index (χ4v) is 0.764. The fraction of sp³-hybridized carbons (Fsp3) is 1.00. The van der Waals surface area contributed by atoms with E-state index >= 15 is 0 Å². The lowest BCUT2D eigenvalue weighted by Gasteiger charge is -2.33. The molecule has 4 nitrogen and oxygen atoms in total. The summed E-state index contributed by atoms with van der Waals surface area (Å²) in [5.41, 5.74) is 0. The molecule has 17 heteroatoms. The monoisotopic (exact) mass is 398 g/mol. The number of hydrogen-bond donors (Lipinski definition) is 1. The van der Waals surface area contributed by atoms with Crippen LogP contribution in [0.1, 0.15) is 0 Å². The van der Waals surface area contributed by atoms with Crippen molar-refractivity contribution in [1.29, 1.82) is 0 Å². The highest BCUT2D eigenvalue weighted by Gasteiger charge is 2.74. The lowest BCUT2D eigenvalue weighted by molar-refractivity contribution is -0.564. The van der Waals surface area contributed by atoms with Gasteiger partial charge in [-0.15, -0.1) is 13.2 Å². The zero-order valence-corrected chi connectivity index (χ0v) is 10.3. The lowest BCUT2D eigenvalue weighted by Crippen LogP contribution is -2.57. The summed E-state index contributed by atoms with van der Waals surface area (Å²) in [5.74, 6) is 0. The van der Waals surface area contributed by atoms with Crippen LogP contribution in [-0.4, -0.2) is 48.6 Å². The van der Waals surface area contributed by atoms with Gasteiger partial charge in [-0.1, -0.05) is 0 Å². The predicted octanol–water partition coefficient (Wildman–Crippen LogP) is 3.51. The molecule has 0 bridgehead atoms. The van der Waals surface area contributed by atoms with Gasteiger partial charge in [0.15, 0.2) is 0 Å². The summed E-state index contributed by atoms with van der Waals surface area (Å²) in [6.45, 7) is -2.68. The van der Waals surface area contributed by atoms with E-state index in [9.17, 15) is 57.1 Å². The molecule has 0 saturated heterocycles. The third kappa shape index (κ3) is 5.78. The molecule has 1 N–H and O–H groups in total. The first-order valence-electron chi connectivity index (χ1n) is 4.85. The van der Waals surface area contributed by atoms with E-state index in [1.165, 1.54) is 4.74 Å². The maximum Gasteiger partial charge on any atom is 0.527 e. The topological polar surface area (TPSA) is 47.9 Å². The third-order valence-corrected chi connectivity index (χ3v) is 1.64. The van der Waals surface area contributed by atoms with Crippen molar-refractivity contribution >= 4 is 0 Å². The molecule has 0 saturated carbocycles. The Morgan fingerprint density at radius 2 is 0.792 bits per heavy atom. The maximum absolute atomic E-state index is 12.7. The van der Waals surface area contributed by atoms with Crippen LogP contribution in [0.5, 0.6) is 0 Å². The molecule has 0 aromatic carbocycles. The molecular weight excluding hydrogens is 395 g/mol. The maximum atomic E-state index is 12.7. The molecule has 0 fully saturated rings. The number of ether oxygens (including phenoxy) is 3. The molecule has 0 aromatic heterocycles. The van der Waals surface area contributed by atoms with Crippen LogP contribution in [0.3, 0.4) is 0 Å². The van der Waals surface area contributed by atoms with Crippen LogP contribution in [-0.2, 0) is 14.2 Å². The van der Waals surface area contributed by atoms with Crippen LogP contribution in [0, 0.1) is 0 Å². The second kappa shape index (κ2) is 6.34. The van der Waals surface area contributed by atoms with E-state index < -0.39 is 43.5 Å². The Balaban J connectivity index is 5.45. The van der Waals surface area contributed by atoms with Gasteiger partial charge in [-0.2, -0.15) is 43.9 Å². The van der Waals surface area contributed by atoms with Crippen molar-refractivity contribution in [2.45, 2.75) is 36.9 Å². The van der Waals surface area contributed by atoms with Gasteiger partial charge in [0.1, 0.15) is 6.61 Å². The number of alkyl halides is 13. The van der Waals surface area contributed by atoms with Gasteiger partial charge in [0.25, 0.3) is 0 Å². The molecule has 0 radical (unpaired) electrons. The second-order valence-electron chi connectivity index (χ2n) is 3.61. The Bertz CT molecular complexity index is 431. The Morgan fingerprint density at radius 1 is 0.500 bits per heavy atom. The van der Waals surface area contributed by atoms with Crippen LogP contribution in [0.15, 0.2) is 0 Å².